The molecule has 0 unspecified atom stereocenters. The van der Waals surface area contributed by atoms with E-state index >= 15 is 0 Å². The van der Waals surface area contributed by atoms with Crippen LogP contribution in [-0.2, 0) is 0 Å². The maximum Gasteiger partial charge on any atom is 0.161 e. The van der Waals surface area contributed by atoms with Gasteiger partial charge in [-0.05, 0) is 13.0 Å². The van der Waals surface area contributed by atoms with Crippen molar-refractivity contribution in [2.24, 2.45) is 0 Å². The number of nitrogens with zero attached hydrogens (tertiary/aromatic N) is 5. The molecule has 1 aromatic carbocycles. The van der Waals surface area contributed by atoms with Gasteiger partial charge in [0.05, 0.1) is 12.5 Å². The lowest BCUT2D eigenvalue weighted by Crippen LogP contribution is -2.49. The van der Waals surface area contributed by atoms with Crippen LogP contribution < -0.4 is 4.90 Å². The number of rotatable bonds is 4. The molecule has 23 heavy (non-hydrogen) atoms. The standard InChI is InChI=1S/C18H21N5/c1-15(7-9-19)22-11-13-23(14-12-22)17-8-10-20-18(21-17)16-5-3-2-4-6-16/h2-6,8,10,15H,7,11-14H2,1H3/t15-/m0/s1. The van der Waals surface area contributed by atoms with E-state index in [1.807, 2.05) is 42.6 Å². The molecule has 3 rings (SSSR count). The average molecular weight is 307 g/mol. The van der Waals surface area contributed by atoms with Gasteiger partial charge in [0.25, 0.3) is 0 Å². The quantitative estimate of drug-likeness (QED) is 0.869. The van der Waals surface area contributed by atoms with Crippen molar-refractivity contribution in [3.63, 3.8) is 0 Å². The molecular formula is C18H21N5. The third-order valence-corrected chi connectivity index (χ3v) is 4.32. The lowest BCUT2D eigenvalue weighted by molar-refractivity contribution is 0.199. The van der Waals surface area contributed by atoms with Gasteiger partial charge in [-0.3, -0.25) is 4.90 Å². The summed E-state index contributed by atoms with van der Waals surface area (Å²) in [6.45, 7) is 5.92. The van der Waals surface area contributed by atoms with Gasteiger partial charge in [-0.25, -0.2) is 9.97 Å². The molecule has 1 aliphatic rings. The fraction of sp³-hybridized carbons (Fsp3) is 0.389. The van der Waals surface area contributed by atoms with Gasteiger partial charge in [0.2, 0.25) is 0 Å². The van der Waals surface area contributed by atoms with Crippen LogP contribution in [0.5, 0.6) is 0 Å². The molecule has 1 atom stereocenters. The summed E-state index contributed by atoms with van der Waals surface area (Å²) < 4.78 is 0. The van der Waals surface area contributed by atoms with E-state index in [1.54, 1.807) is 0 Å². The minimum atomic E-state index is 0.326. The molecule has 118 valence electrons. The fourth-order valence-corrected chi connectivity index (χ4v) is 2.90. The molecule has 1 aromatic heterocycles. The maximum absolute atomic E-state index is 8.83. The van der Waals surface area contributed by atoms with Crippen molar-refractivity contribution < 1.29 is 0 Å². The van der Waals surface area contributed by atoms with Gasteiger partial charge >= 0.3 is 0 Å². The summed E-state index contributed by atoms with van der Waals surface area (Å²) in [4.78, 5) is 13.8. The Bertz CT molecular complexity index is 671. The summed E-state index contributed by atoms with van der Waals surface area (Å²) in [6, 6.07) is 14.6. The van der Waals surface area contributed by atoms with Gasteiger partial charge in [0.15, 0.2) is 5.82 Å². The van der Waals surface area contributed by atoms with E-state index in [0.717, 1.165) is 43.4 Å². The SMILES string of the molecule is C[C@@H](CC#N)N1CCN(c2ccnc(-c3ccccc3)n2)CC1. The van der Waals surface area contributed by atoms with Gasteiger partial charge in [-0.1, -0.05) is 30.3 Å². The normalized spacial score (nSPS) is 16.8. The first-order valence-corrected chi connectivity index (χ1v) is 8.02. The Kier molecular flexibility index (Phi) is 4.84. The molecule has 0 bridgehead atoms. The zero-order chi connectivity index (χ0) is 16.1. The highest BCUT2D eigenvalue weighted by Gasteiger charge is 2.21. The van der Waals surface area contributed by atoms with Crippen LogP contribution in [0.2, 0.25) is 0 Å². The molecule has 2 heterocycles. The zero-order valence-electron chi connectivity index (χ0n) is 13.4. The highest BCUT2D eigenvalue weighted by molar-refractivity contribution is 5.57. The number of hydrogen-bond donors (Lipinski definition) is 0. The van der Waals surface area contributed by atoms with Crippen LogP contribution in [0.1, 0.15) is 13.3 Å². The molecule has 0 saturated carbocycles. The Morgan fingerprint density at radius 3 is 2.57 bits per heavy atom. The number of hydrogen-bond acceptors (Lipinski definition) is 5. The van der Waals surface area contributed by atoms with Crippen molar-refractivity contribution >= 4 is 5.82 Å². The second-order valence-electron chi connectivity index (χ2n) is 5.84. The molecule has 1 saturated heterocycles. The van der Waals surface area contributed by atoms with E-state index in [1.165, 1.54) is 0 Å². The van der Waals surface area contributed by atoms with Crippen LogP contribution in [0.4, 0.5) is 5.82 Å². The van der Waals surface area contributed by atoms with Gasteiger partial charge in [0, 0.05) is 44.0 Å². The zero-order valence-corrected chi connectivity index (χ0v) is 13.4. The molecule has 0 spiro atoms. The Morgan fingerprint density at radius 2 is 1.87 bits per heavy atom. The smallest absolute Gasteiger partial charge is 0.161 e. The Labute approximate surface area is 137 Å². The fourth-order valence-electron chi connectivity index (χ4n) is 2.90. The molecule has 5 nitrogen and oxygen atoms in total. The monoisotopic (exact) mass is 307 g/mol. The third-order valence-electron chi connectivity index (χ3n) is 4.32. The first-order chi connectivity index (χ1) is 11.3. The molecule has 0 amide bonds. The van der Waals surface area contributed by atoms with Crippen LogP contribution in [0.3, 0.4) is 0 Å². The summed E-state index contributed by atoms with van der Waals surface area (Å²) in [6.07, 6.45) is 2.42. The molecule has 0 N–H and O–H groups in total. The predicted molar refractivity (Wildman–Crippen MR) is 90.9 cm³/mol. The topological polar surface area (TPSA) is 56.1 Å². The van der Waals surface area contributed by atoms with Crippen LogP contribution in [-0.4, -0.2) is 47.1 Å². The second-order valence-corrected chi connectivity index (χ2v) is 5.84. The van der Waals surface area contributed by atoms with E-state index in [2.05, 4.69) is 27.8 Å². The average Bonchev–Trinajstić information content (AvgIpc) is 2.63. The van der Waals surface area contributed by atoms with Crippen molar-refractivity contribution in [1.82, 2.24) is 14.9 Å². The molecule has 1 aliphatic heterocycles. The van der Waals surface area contributed by atoms with Gasteiger partial charge in [-0.2, -0.15) is 5.26 Å². The summed E-state index contributed by atoms with van der Waals surface area (Å²) in [5.41, 5.74) is 1.04. The lowest BCUT2D eigenvalue weighted by atomic mass is 10.2. The largest absolute Gasteiger partial charge is 0.354 e. The number of anilines is 1. The Hall–Kier alpha value is -2.45. The highest BCUT2D eigenvalue weighted by atomic mass is 15.3. The molecule has 1 fully saturated rings. The summed E-state index contributed by atoms with van der Waals surface area (Å²) in [5, 5.41) is 8.83. The first-order valence-electron chi connectivity index (χ1n) is 8.02. The van der Waals surface area contributed by atoms with Crippen molar-refractivity contribution in [2.75, 3.05) is 31.1 Å². The van der Waals surface area contributed by atoms with Crippen molar-refractivity contribution in [1.29, 1.82) is 5.26 Å². The van der Waals surface area contributed by atoms with Crippen molar-refractivity contribution in [3.05, 3.63) is 42.6 Å². The summed E-state index contributed by atoms with van der Waals surface area (Å²) in [5.74, 6) is 1.75. The van der Waals surface area contributed by atoms with E-state index in [-0.39, 0.29) is 0 Å². The van der Waals surface area contributed by atoms with Crippen LogP contribution in [0.25, 0.3) is 11.4 Å². The van der Waals surface area contributed by atoms with Crippen LogP contribution in [0.15, 0.2) is 42.6 Å². The second kappa shape index (κ2) is 7.21. The van der Waals surface area contributed by atoms with Crippen LogP contribution in [0, 0.1) is 11.3 Å². The Morgan fingerprint density at radius 1 is 1.13 bits per heavy atom. The van der Waals surface area contributed by atoms with Gasteiger partial charge in [-0.15, -0.1) is 0 Å². The van der Waals surface area contributed by atoms with E-state index in [4.69, 9.17) is 10.2 Å². The lowest BCUT2D eigenvalue weighted by Gasteiger charge is -2.38. The molecule has 0 radical (unpaired) electrons. The minimum Gasteiger partial charge on any atom is -0.354 e. The number of benzene rings is 1. The minimum absolute atomic E-state index is 0.326. The summed E-state index contributed by atoms with van der Waals surface area (Å²) in [7, 11) is 0. The van der Waals surface area contributed by atoms with E-state index in [0.29, 0.717) is 12.5 Å². The van der Waals surface area contributed by atoms with Crippen molar-refractivity contribution in [3.8, 4) is 17.5 Å². The van der Waals surface area contributed by atoms with Gasteiger partial charge in [0.1, 0.15) is 5.82 Å². The highest BCUT2D eigenvalue weighted by Crippen LogP contribution is 2.19. The molecule has 2 aromatic rings. The Balaban J connectivity index is 1.69. The molecule has 0 aliphatic carbocycles. The maximum atomic E-state index is 8.83. The van der Waals surface area contributed by atoms with E-state index < -0.39 is 0 Å². The first kappa shape index (κ1) is 15.4. The number of piperazine rings is 1. The number of aromatic nitrogens is 2. The van der Waals surface area contributed by atoms with Gasteiger partial charge < -0.3 is 4.90 Å². The number of nitriles is 1. The summed E-state index contributed by atoms with van der Waals surface area (Å²) >= 11 is 0. The van der Waals surface area contributed by atoms with Crippen LogP contribution >= 0.6 is 0 Å². The third kappa shape index (κ3) is 3.66. The predicted octanol–water partition coefficient (Wildman–Crippen LogP) is 2.57. The van der Waals surface area contributed by atoms with Crippen molar-refractivity contribution in [2.45, 2.75) is 19.4 Å². The van der Waals surface area contributed by atoms with E-state index in [9.17, 15) is 0 Å². The molecule has 5 heteroatoms. The molecular weight excluding hydrogens is 286 g/mol.